The maximum Gasteiger partial charge on any atom is 0.321 e. The molecule has 1 atom stereocenters. The van der Waals surface area contributed by atoms with Crippen LogP contribution in [0.1, 0.15) is 13.3 Å². The molecule has 0 aliphatic heterocycles. The number of aliphatic carboxylic acids is 1. The summed E-state index contributed by atoms with van der Waals surface area (Å²) in [5.74, 6) is 0.397. The fourth-order valence-corrected chi connectivity index (χ4v) is 2.26. The van der Waals surface area contributed by atoms with Gasteiger partial charge >= 0.3 is 5.97 Å². The molecule has 0 heterocycles. The van der Waals surface area contributed by atoms with Gasteiger partial charge in [-0.15, -0.1) is 0 Å². The third-order valence-corrected chi connectivity index (χ3v) is 3.05. The lowest BCUT2D eigenvalue weighted by molar-refractivity contribution is -0.139. The topological polar surface area (TPSA) is 83.5 Å². The molecule has 0 bridgehead atoms. The number of carboxylic acid groups (broad SMARTS) is 1. The molecule has 5 nitrogen and oxygen atoms in total. The molecule has 7 heteroatoms. The molecule has 0 aliphatic rings. The number of nitrogens with one attached hydrogen (secondary N) is 1. The van der Waals surface area contributed by atoms with Crippen molar-refractivity contribution in [1.82, 2.24) is 4.72 Å². The van der Waals surface area contributed by atoms with Gasteiger partial charge in [-0.1, -0.05) is 6.92 Å². The summed E-state index contributed by atoms with van der Waals surface area (Å²) in [7, 11) is -3.45. The predicted molar refractivity (Wildman–Crippen MR) is 57.0 cm³/mol. The Kier molecular flexibility index (Phi) is 6.14. The molecule has 0 radical (unpaired) electrons. The van der Waals surface area contributed by atoms with Gasteiger partial charge in [-0.3, -0.25) is 4.79 Å². The van der Waals surface area contributed by atoms with E-state index < -0.39 is 22.0 Å². The molecule has 14 heavy (non-hydrogen) atoms. The van der Waals surface area contributed by atoms with E-state index in [-0.39, 0.29) is 0 Å². The van der Waals surface area contributed by atoms with Crippen LogP contribution in [0.2, 0.25) is 0 Å². The molecule has 84 valence electrons. The van der Waals surface area contributed by atoms with Crippen molar-refractivity contribution in [2.45, 2.75) is 19.4 Å². The van der Waals surface area contributed by atoms with E-state index >= 15 is 0 Å². The zero-order chi connectivity index (χ0) is 11.2. The standard InChI is InChI=1S/C7H15NO4S2/c1-3-13-5-4-6(7(9)10)8-14(2,11)12/h6,8H,3-5H2,1-2H3,(H,9,10). The first-order chi connectivity index (χ1) is 6.37. The van der Waals surface area contributed by atoms with Crippen molar-refractivity contribution in [1.29, 1.82) is 0 Å². The molecule has 0 spiro atoms. The van der Waals surface area contributed by atoms with Crippen molar-refractivity contribution in [3.05, 3.63) is 0 Å². The minimum absolute atomic E-state index is 0.306. The largest absolute Gasteiger partial charge is 0.480 e. The van der Waals surface area contributed by atoms with Gasteiger partial charge in [-0.25, -0.2) is 13.1 Å². The minimum atomic E-state index is -3.45. The Balaban J connectivity index is 4.11. The van der Waals surface area contributed by atoms with Gasteiger partial charge in [0.05, 0.1) is 6.26 Å². The molecular formula is C7H15NO4S2. The number of sulfonamides is 1. The molecule has 0 fully saturated rings. The zero-order valence-corrected chi connectivity index (χ0v) is 9.82. The molecule has 0 saturated carbocycles. The van der Waals surface area contributed by atoms with Gasteiger partial charge in [-0.2, -0.15) is 11.8 Å². The first-order valence-electron chi connectivity index (χ1n) is 4.14. The van der Waals surface area contributed by atoms with Crippen molar-refractivity contribution in [2.24, 2.45) is 0 Å². The molecular weight excluding hydrogens is 226 g/mol. The van der Waals surface area contributed by atoms with Gasteiger partial charge in [0.25, 0.3) is 0 Å². The van der Waals surface area contributed by atoms with Gasteiger partial charge in [0.15, 0.2) is 0 Å². The maximum absolute atomic E-state index is 10.8. The molecule has 0 saturated heterocycles. The monoisotopic (exact) mass is 241 g/mol. The van der Waals surface area contributed by atoms with Gasteiger partial charge < -0.3 is 5.11 Å². The smallest absolute Gasteiger partial charge is 0.321 e. The number of rotatable bonds is 7. The second-order valence-electron chi connectivity index (χ2n) is 2.77. The summed E-state index contributed by atoms with van der Waals surface area (Å²) in [6.45, 7) is 1.96. The van der Waals surface area contributed by atoms with E-state index in [0.717, 1.165) is 12.0 Å². The van der Waals surface area contributed by atoms with Crippen LogP contribution in [0.25, 0.3) is 0 Å². The van der Waals surface area contributed by atoms with Gasteiger partial charge in [0.1, 0.15) is 6.04 Å². The highest BCUT2D eigenvalue weighted by Crippen LogP contribution is 2.05. The Hall–Kier alpha value is -0.270. The molecule has 0 aliphatic carbocycles. The van der Waals surface area contributed by atoms with Crippen LogP contribution in [-0.4, -0.2) is 43.3 Å². The number of hydrogen-bond acceptors (Lipinski definition) is 4. The summed E-state index contributed by atoms with van der Waals surface area (Å²) in [4.78, 5) is 10.6. The summed E-state index contributed by atoms with van der Waals surface area (Å²) in [5.41, 5.74) is 0. The zero-order valence-electron chi connectivity index (χ0n) is 8.19. The summed E-state index contributed by atoms with van der Waals surface area (Å²) < 4.78 is 23.7. The van der Waals surface area contributed by atoms with Crippen molar-refractivity contribution < 1.29 is 18.3 Å². The van der Waals surface area contributed by atoms with Crippen LogP contribution in [-0.2, 0) is 14.8 Å². The number of carboxylic acids is 1. The average molecular weight is 241 g/mol. The fourth-order valence-electron chi connectivity index (χ4n) is 0.837. The highest BCUT2D eigenvalue weighted by atomic mass is 32.2. The maximum atomic E-state index is 10.8. The first kappa shape index (κ1) is 13.7. The lowest BCUT2D eigenvalue weighted by Gasteiger charge is -2.11. The van der Waals surface area contributed by atoms with Gasteiger partial charge in [0.2, 0.25) is 10.0 Å². The Bertz CT molecular complexity index is 275. The Labute approximate surface area is 88.3 Å². The quantitative estimate of drug-likeness (QED) is 0.619. The van der Waals surface area contributed by atoms with Crippen LogP contribution in [0.5, 0.6) is 0 Å². The van der Waals surface area contributed by atoms with Crippen LogP contribution in [0.15, 0.2) is 0 Å². The fraction of sp³-hybridized carbons (Fsp3) is 0.857. The van der Waals surface area contributed by atoms with E-state index in [0.29, 0.717) is 12.2 Å². The first-order valence-corrected chi connectivity index (χ1v) is 7.19. The SMILES string of the molecule is CCSCCC(NS(C)(=O)=O)C(=O)O. The van der Waals surface area contributed by atoms with E-state index in [1.807, 2.05) is 6.92 Å². The molecule has 0 aromatic heterocycles. The molecule has 0 amide bonds. The average Bonchev–Trinajstić information content (AvgIpc) is 2.00. The van der Waals surface area contributed by atoms with Crippen molar-refractivity contribution >= 4 is 27.8 Å². The van der Waals surface area contributed by atoms with Crippen LogP contribution in [0, 0.1) is 0 Å². The Morgan fingerprint density at radius 1 is 1.57 bits per heavy atom. The van der Waals surface area contributed by atoms with Crippen LogP contribution in [0.3, 0.4) is 0 Å². The van der Waals surface area contributed by atoms with E-state index in [1.165, 1.54) is 0 Å². The van der Waals surface area contributed by atoms with Crippen molar-refractivity contribution in [3.63, 3.8) is 0 Å². The number of hydrogen-bond donors (Lipinski definition) is 2. The van der Waals surface area contributed by atoms with Crippen molar-refractivity contribution in [3.8, 4) is 0 Å². The second kappa shape index (κ2) is 6.26. The molecule has 1 unspecified atom stereocenters. The van der Waals surface area contributed by atoms with E-state index in [9.17, 15) is 13.2 Å². The van der Waals surface area contributed by atoms with Crippen LogP contribution >= 0.6 is 11.8 Å². The summed E-state index contributed by atoms with van der Waals surface area (Å²) in [6.07, 6.45) is 1.26. The van der Waals surface area contributed by atoms with Gasteiger partial charge in [0, 0.05) is 0 Å². The van der Waals surface area contributed by atoms with Crippen molar-refractivity contribution in [2.75, 3.05) is 17.8 Å². The minimum Gasteiger partial charge on any atom is -0.480 e. The van der Waals surface area contributed by atoms with Crippen LogP contribution < -0.4 is 4.72 Å². The molecule has 2 N–H and O–H groups in total. The highest BCUT2D eigenvalue weighted by molar-refractivity contribution is 7.99. The third-order valence-electron chi connectivity index (χ3n) is 1.41. The normalized spacial score (nSPS) is 13.9. The Morgan fingerprint density at radius 3 is 2.50 bits per heavy atom. The molecule has 0 aromatic rings. The van der Waals surface area contributed by atoms with Gasteiger partial charge in [-0.05, 0) is 17.9 Å². The van der Waals surface area contributed by atoms with E-state index in [2.05, 4.69) is 4.72 Å². The number of thioether (sulfide) groups is 1. The second-order valence-corrected chi connectivity index (χ2v) is 5.94. The van der Waals surface area contributed by atoms with Crippen LogP contribution in [0.4, 0.5) is 0 Å². The lowest BCUT2D eigenvalue weighted by atomic mass is 10.2. The summed E-state index contributed by atoms with van der Waals surface area (Å²) in [5, 5.41) is 8.70. The van der Waals surface area contributed by atoms with E-state index in [1.54, 1.807) is 11.8 Å². The predicted octanol–water partition coefficient (Wildman–Crippen LogP) is 0.132. The van der Waals surface area contributed by atoms with E-state index in [4.69, 9.17) is 5.11 Å². The molecule has 0 aromatic carbocycles. The molecule has 0 rings (SSSR count). The lowest BCUT2D eigenvalue weighted by Crippen LogP contribution is -2.40. The highest BCUT2D eigenvalue weighted by Gasteiger charge is 2.20. The summed E-state index contributed by atoms with van der Waals surface area (Å²) >= 11 is 1.58. The number of carbonyl (C=O) groups is 1. The third kappa shape index (κ3) is 7.16. The summed E-state index contributed by atoms with van der Waals surface area (Å²) in [6, 6.07) is -1.01. The Morgan fingerprint density at radius 2 is 2.14 bits per heavy atom.